The Labute approximate surface area is 126 Å². The molecule has 0 aliphatic carbocycles. The van der Waals surface area contributed by atoms with Gasteiger partial charge in [0.05, 0.1) is 0 Å². The highest BCUT2D eigenvalue weighted by Gasteiger charge is 2.27. The van der Waals surface area contributed by atoms with E-state index in [1.54, 1.807) is 0 Å². The second-order valence-electron chi connectivity index (χ2n) is 7.45. The third-order valence-electron chi connectivity index (χ3n) is 5.02. The summed E-state index contributed by atoms with van der Waals surface area (Å²) in [5.41, 5.74) is 0. The molecule has 2 rings (SSSR count). The first-order valence-electron chi connectivity index (χ1n) is 8.78. The standard InChI is InChI=1S/C17H35N3/c1-14(2)17(18-15(3)4)13-19-11-7-16(8-12-19)20-9-5-6-10-20/h14-18H,5-13H2,1-4H3. The number of nitrogens with zero attached hydrogens (tertiary/aromatic N) is 2. The lowest BCUT2D eigenvalue weighted by molar-refractivity contribution is 0.112. The Hall–Kier alpha value is -0.120. The van der Waals surface area contributed by atoms with Crippen LogP contribution in [-0.2, 0) is 0 Å². The molecular formula is C17H35N3. The topological polar surface area (TPSA) is 18.5 Å². The summed E-state index contributed by atoms with van der Waals surface area (Å²) in [5, 5.41) is 3.74. The summed E-state index contributed by atoms with van der Waals surface area (Å²) in [6.45, 7) is 15.7. The van der Waals surface area contributed by atoms with Crippen LogP contribution in [0.4, 0.5) is 0 Å². The number of nitrogens with one attached hydrogen (secondary N) is 1. The first kappa shape index (κ1) is 16.3. The van der Waals surface area contributed by atoms with E-state index < -0.39 is 0 Å². The first-order valence-corrected chi connectivity index (χ1v) is 8.78. The molecule has 118 valence electrons. The van der Waals surface area contributed by atoms with Crippen LogP contribution in [0.1, 0.15) is 53.4 Å². The Bertz CT molecular complexity index is 263. The molecule has 0 spiro atoms. The van der Waals surface area contributed by atoms with Crippen molar-refractivity contribution in [2.75, 3.05) is 32.7 Å². The zero-order chi connectivity index (χ0) is 14.5. The second-order valence-corrected chi connectivity index (χ2v) is 7.45. The quantitative estimate of drug-likeness (QED) is 0.807. The molecule has 0 aromatic carbocycles. The third-order valence-corrected chi connectivity index (χ3v) is 5.02. The van der Waals surface area contributed by atoms with Crippen molar-refractivity contribution in [3.8, 4) is 0 Å². The van der Waals surface area contributed by atoms with Gasteiger partial charge in [-0.25, -0.2) is 0 Å². The van der Waals surface area contributed by atoms with Crippen LogP contribution in [0.2, 0.25) is 0 Å². The highest BCUT2D eigenvalue weighted by molar-refractivity contribution is 4.85. The molecule has 2 aliphatic rings. The van der Waals surface area contributed by atoms with E-state index in [2.05, 4.69) is 42.8 Å². The van der Waals surface area contributed by atoms with Crippen molar-refractivity contribution in [2.45, 2.75) is 71.5 Å². The molecule has 2 heterocycles. The molecule has 20 heavy (non-hydrogen) atoms. The summed E-state index contributed by atoms with van der Waals surface area (Å²) >= 11 is 0. The number of hydrogen-bond acceptors (Lipinski definition) is 3. The van der Waals surface area contributed by atoms with Crippen LogP contribution in [0, 0.1) is 5.92 Å². The molecule has 0 amide bonds. The van der Waals surface area contributed by atoms with Crippen LogP contribution >= 0.6 is 0 Å². The maximum absolute atomic E-state index is 3.74. The maximum atomic E-state index is 3.74. The Morgan fingerprint density at radius 2 is 1.55 bits per heavy atom. The van der Waals surface area contributed by atoms with Crippen molar-refractivity contribution in [2.24, 2.45) is 5.92 Å². The normalized spacial score (nSPS) is 24.9. The lowest BCUT2D eigenvalue weighted by atomic mass is 9.99. The summed E-state index contributed by atoms with van der Waals surface area (Å²) in [4.78, 5) is 5.43. The average Bonchev–Trinajstić information content (AvgIpc) is 2.92. The van der Waals surface area contributed by atoms with Gasteiger partial charge in [-0.15, -0.1) is 0 Å². The minimum Gasteiger partial charge on any atom is -0.310 e. The van der Waals surface area contributed by atoms with Gasteiger partial charge in [-0.1, -0.05) is 27.7 Å². The van der Waals surface area contributed by atoms with Crippen LogP contribution in [0.15, 0.2) is 0 Å². The smallest absolute Gasteiger partial charge is 0.0220 e. The molecule has 1 N–H and O–H groups in total. The summed E-state index contributed by atoms with van der Waals surface area (Å²) in [6.07, 6.45) is 5.61. The number of hydrogen-bond donors (Lipinski definition) is 1. The molecule has 3 heteroatoms. The number of rotatable bonds is 6. The van der Waals surface area contributed by atoms with Gasteiger partial charge in [0.1, 0.15) is 0 Å². The van der Waals surface area contributed by atoms with Crippen LogP contribution in [0.25, 0.3) is 0 Å². The molecule has 2 fully saturated rings. The van der Waals surface area contributed by atoms with E-state index in [4.69, 9.17) is 0 Å². The molecule has 2 aliphatic heterocycles. The predicted molar refractivity (Wildman–Crippen MR) is 87.2 cm³/mol. The van der Waals surface area contributed by atoms with Gasteiger partial charge < -0.3 is 15.1 Å². The Balaban J connectivity index is 1.74. The molecular weight excluding hydrogens is 246 g/mol. The Morgan fingerprint density at radius 3 is 2.05 bits per heavy atom. The van der Waals surface area contributed by atoms with Gasteiger partial charge >= 0.3 is 0 Å². The van der Waals surface area contributed by atoms with Crippen LogP contribution < -0.4 is 5.32 Å². The van der Waals surface area contributed by atoms with Crippen molar-refractivity contribution < 1.29 is 0 Å². The fourth-order valence-electron chi connectivity index (χ4n) is 3.74. The van der Waals surface area contributed by atoms with E-state index in [0.29, 0.717) is 18.0 Å². The van der Waals surface area contributed by atoms with E-state index in [1.807, 2.05) is 0 Å². The Kier molecular flexibility index (Phi) is 6.31. The molecule has 0 aromatic rings. The van der Waals surface area contributed by atoms with Crippen molar-refractivity contribution >= 4 is 0 Å². The number of piperidine rings is 1. The molecule has 0 bridgehead atoms. The van der Waals surface area contributed by atoms with Crippen molar-refractivity contribution in [3.05, 3.63) is 0 Å². The minimum atomic E-state index is 0.588. The molecule has 3 nitrogen and oxygen atoms in total. The maximum Gasteiger partial charge on any atom is 0.0220 e. The van der Waals surface area contributed by atoms with Crippen LogP contribution in [0.5, 0.6) is 0 Å². The second kappa shape index (κ2) is 7.77. The van der Waals surface area contributed by atoms with Gasteiger partial charge in [0, 0.05) is 24.7 Å². The lowest BCUT2D eigenvalue weighted by Gasteiger charge is -2.39. The van der Waals surface area contributed by atoms with Gasteiger partial charge in [-0.05, 0) is 57.8 Å². The van der Waals surface area contributed by atoms with E-state index >= 15 is 0 Å². The first-order chi connectivity index (χ1) is 9.56. The van der Waals surface area contributed by atoms with Gasteiger partial charge in [0.25, 0.3) is 0 Å². The van der Waals surface area contributed by atoms with Gasteiger partial charge in [-0.2, -0.15) is 0 Å². The molecule has 1 atom stereocenters. The molecule has 2 saturated heterocycles. The highest BCUT2D eigenvalue weighted by atomic mass is 15.2. The van der Waals surface area contributed by atoms with Crippen LogP contribution in [0.3, 0.4) is 0 Å². The van der Waals surface area contributed by atoms with Gasteiger partial charge in [0.15, 0.2) is 0 Å². The van der Waals surface area contributed by atoms with E-state index in [1.165, 1.54) is 58.4 Å². The van der Waals surface area contributed by atoms with Gasteiger partial charge in [-0.3, -0.25) is 0 Å². The fourth-order valence-corrected chi connectivity index (χ4v) is 3.74. The molecule has 0 radical (unpaired) electrons. The zero-order valence-electron chi connectivity index (χ0n) is 14.1. The van der Waals surface area contributed by atoms with Gasteiger partial charge in [0.2, 0.25) is 0 Å². The van der Waals surface area contributed by atoms with Crippen molar-refractivity contribution in [1.29, 1.82) is 0 Å². The number of likely N-dealkylation sites (tertiary alicyclic amines) is 2. The van der Waals surface area contributed by atoms with Crippen molar-refractivity contribution in [3.63, 3.8) is 0 Å². The zero-order valence-corrected chi connectivity index (χ0v) is 14.1. The minimum absolute atomic E-state index is 0.588. The van der Waals surface area contributed by atoms with E-state index in [-0.39, 0.29) is 0 Å². The molecule has 0 saturated carbocycles. The largest absolute Gasteiger partial charge is 0.310 e. The summed E-state index contributed by atoms with van der Waals surface area (Å²) in [5.74, 6) is 0.716. The van der Waals surface area contributed by atoms with E-state index in [0.717, 1.165) is 6.04 Å². The van der Waals surface area contributed by atoms with Crippen molar-refractivity contribution in [1.82, 2.24) is 15.1 Å². The molecule has 0 aromatic heterocycles. The lowest BCUT2D eigenvalue weighted by Crippen LogP contribution is -2.50. The summed E-state index contributed by atoms with van der Waals surface area (Å²) in [7, 11) is 0. The summed E-state index contributed by atoms with van der Waals surface area (Å²) < 4.78 is 0. The highest BCUT2D eigenvalue weighted by Crippen LogP contribution is 2.21. The molecule has 1 unspecified atom stereocenters. The van der Waals surface area contributed by atoms with Crippen LogP contribution in [-0.4, -0.2) is 60.6 Å². The average molecular weight is 281 g/mol. The SMILES string of the molecule is CC(C)NC(CN1CCC(N2CCCC2)CC1)C(C)C. The Morgan fingerprint density at radius 1 is 0.950 bits per heavy atom. The predicted octanol–water partition coefficient (Wildman–Crippen LogP) is 2.57. The fraction of sp³-hybridized carbons (Fsp3) is 1.00. The third kappa shape index (κ3) is 4.71. The van der Waals surface area contributed by atoms with E-state index in [9.17, 15) is 0 Å². The monoisotopic (exact) mass is 281 g/mol. The summed E-state index contributed by atoms with van der Waals surface area (Å²) in [6, 6.07) is 2.10.